The molecule has 3 aromatic heterocycles. The van der Waals surface area contributed by atoms with Gasteiger partial charge in [0.2, 0.25) is 10.0 Å². The van der Waals surface area contributed by atoms with E-state index < -0.39 is 20.6 Å². The van der Waals surface area contributed by atoms with Crippen molar-refractivity contribution in [3.63, 3.8) is 0 Å². The van der Waals surface area contributed by atoms with Crippen LogP contribution in [0.1, 0.15) is 13.3 Å². The smallest absolute Gasteiger partial charge is 0.249 e. The SMILES string of the molecule is CC1(S(=O)(=O)n2cc(-c3ncc(F)c(NC4CNC4)n3)c3cccnc32)C=C(Cl)C=CC1.Cl. The Morgan fingerprint density at radius 3 is 2.82 bits per heavy atom. The molecule has 3 aromatic rings. The summed E-state index contributed by atoms with van der Waals surface area (Å²) in [6.07, 6.45) is 9.25. The molecule has 1 aliphatic carbocycles. The van der Waals surface area contributed by atoms with E-state index in [2.05, 4.69) is 25.6 Å². The number of hydrogen-bond donors (Lipinski definition) is 2. The van der Waals surface area contributed by atoms with Crippen LogP contribution in [0.2, 0.25) is 0 Å². The average molecular weight is 511 g/mol. The average Bonchev–Trinajstić information content (AvgIpc) is 3.12. The van der Waals surface area contributed by atoms with Crippen LogP contribution in [0.3, 0.4) is 0 Å². The van der Waals surface area contributed by atoms with E-state index in [0.717, 1.165) is 10.2 Å². The number of halogens is 3. The largest absolute Gasteiger partial charge is 0.362 e. The topological polar surface area (TPSA) is 102 Å². The van der Waals surface area contributed by atoms with Crippen molar-refractivity contribution in [1.82, 2.24) is 24.2 Å². The normalized spacial score (nSPS) is 20.8. The maximum absolute atomic E-state index is 14.3. The summed E-state index contributed by atoms with van der Waals surface area (Å²) in [6.45, 7) is 3.04. The lowest BCUT2D eigenvalue weighted by atomic mass is 10.0. The van der Waals surface area contributed by atoms with Gasteiger partial charge in [0.15, 0.2) is 23.1 Å². The Balaban J connectivity index is 0.00000259. The van der Waals surface area contributed by atoms with Crippen LogP contribution in [0, 0.1) is 5.82 Å². The second kappa shape index (κ2) is 8.68. The van der Waals surface area contributed by atoms with Crippen LogP contribution in [0.25, 0.3) is 22.4 Å². The van der Waals surface area contributed by atoms with E-state index in [1.165, 1.54) is 18.5 Å². The molecule has 8 nitrogen and oxygen atoms in total. The maximum Gasteiger partial charge on any atom is 0.249 e. The summed E-state index contributed by atoms with van der Waals surface area (Å²) < 4.78 is 41.6. The number of pyridine rings is 1. The quantitative estimate of drug-likeness (QED) is 0.541. The third-order valence-electron chi connectivity index (χ3n) is 5.73. The van der Waals surface area contributed by atoms with Crippen molar-refractivity contribution in [2.45, 2.75) is 24.1 Å². The minimum Gasteiger partial charge on any atom is -0.362 e. The summed E-state index contributed by atoms with van der Waals surface area (Å²) in [5.74, 6) is -0.292. The first-order valence-corrected chi connectivity index (χ1v) is 11.9. The first kappa shape index (κ1) is 23.6. The molecule has 0 radical (unpaired) electrons. The van der Waals surface area contributed by atoms with Crippen molar-refractivity contribution < 1.29 is 12.8 Å². The lowest BCUT2D eigenvalue weighted by molar-refractivity contribution is 0.467. The number of anilines is 1. The van der Waals surface area contributed by atoms with E-state index in [-0.39, 0.29) is 42.2 Å². The molecule has 0 spiro atoms. The number of aromatic nitrogens is 4. The van der Waals surface area contributed by atoms with Crippen LogP contribution in [0.4, 0.5) is 10.2 Å². The van der Waals surface area contributed by atoms with Gasteiger partial charge in [0.05, 0.1) is 12.2 Å². The van der Waals surface area contributed by atoms with Crippen LogP contribution in [0.15, 0.2) is 54.0 Å². The lowest BCUT2D eigenvalue weighted by Gasteiger charge is -2.28. The van der Waals surface area contributed by atoms with E-state index in [4.69, 9.17) is 11.6 Å². The highest BCUT2D eigenvalue weighted by Crippen LogP contribution is 2.36. The van der Waals surface area contributed by atoms with Crippen molar-refractivity contribution >= 4 is 50.9 Å². The summed E-state index contributed by atoms with van der Waals surface area (Å²) >= 11 is 6.12. The van der Waals surface area contributed by atoms with Gasteiger partial charge >= 0.3 is 0 Å². The molecule has 12 heteroatoms. The zero-order valence-corrected chi connectivity index (χ0v) is 19.9. The fourth-order valence-corrected chi connectivity index (χ4v) is 5.83. The molecule has 1 saturated heterocycles. The van der Waals surface area contributed by atoms with Crippen molar-refractivity contribution in [3.05, 3.63) is 59.8 Å². The van der Waals surface area contributed by atoms with Crippen LogP contribution < -0.4 is 10.6 Å². The number of hydrogen-bond acceptors (Lipinski definition) is 7. The zero-order valence-electron chi connectivity index (χ0n) is 17.5. The van der Waals surface area contributed by atoms with Gasteiger partial charge < -0.3 is 10.6 Å². The molecule has 5 rings (SSSR count). The summed E-state index contributed by atoms with van der Waals surface area (Å²) in [7, 11) is -3.95. The summed E-state index contributed by atoms with van der Waals surface area (Å²) in [4.78, 5) is 12.8. The molecule has 0 amide bonds. The van der Waals surface area contributed by atoms with E-state index in [1.807, 2.05) is 0 Å². The van der Waals surface area contributed by atoms with Gasteiger partial charge in [-0.05, 0) is 37.6 Å². The lowest BCUT2D eigenvalue weighted by Crippen LogP contribution is -2.51. The maximum atomic E-state index is 14.3. The predicted octanol–water partition coefficient (Wildman–Crippen LogP) is 3.46. The minimum absolute atomic E-state index is 0. The molecule has 1 unspecified atom stereocenters. The van der Waals surface area contributed by atoms with Gasteiger partial charge in [-0.1, -0.05) is 17.7 Å². The van der Waals surface area contributed by atoms with Crippen molar-refractivity contribution in [2.75, 3.05) is 18.4 Å². The van der Waals surface area contributed by atoms with Crippen LogP contribution >= 0.6 is 24.0 Å². The van der Waals surface area contributed by atoms with Gasteiger partial charge in [-0.2, -0.15) is 0 Å². The third kappa shape index (κ3) is 4.01. The highest BCUT2D eigenvalue weighted by molar-refractivity contribution is 7.91. The van der Waals surface area contributed by atoms with E-state index in [9.17, 15) is 12.8 Å². The minimum atomic E-state index is -3.95. The van der Waals surface area contributed by atoms with Crippen LogP contribution in [-0.4, -0.2) is 51.2 Å². The van der Waals surface area contributed by atoms with E-state index in [1.54, 1.807) is 31.2 Å². The molecule has 0 aromatic carbocycles. The van der Waals surface area contributed by atoms with E-state index in [0.29, 0.717) is 29.1 Å². The molecule has 33 heavy (non-hydrogen) atoms. The van der Waals surface area contributed by atoms with Gasteiger partial charge in [0.1, 0.15) is 4.75 Å². The monoisotopic (exact) mass is 510 g/mol. The molecular weight excluding hydrogens is 490 g/mol. The van der Waals surface area contributed by atoms with Crippen LogP contribution in [-0.2, 0) is 10.0 Å². The number of fused-ring (bicyclic) bond motifs is 1. The second-order valence-electron chi connectivity index (χ2n) is 8.06. The van der Waals surface area contributed by atoms with Gasteiger partial charge in [-0.25, -0.2) is 31.7 Å². The molecule has 1 aliphatic heterocycles. The molecule has 4 heterocycles. The Bertz CT molecular complexity index is 1390. The molecule has 1 atom stereocenters. The standard InChI is InChI=1S/C21H20ClFN6O2S.ClH/c1-21(6-2-4-13(22)8-21)32(30,31)29-12-16(15-5-3-7-25-20(15)29)18-26-11-17(23)19(28-18)27-14-9-24-10-14;/h2-5,7-8,11-12,14,24H,6,9-10H2,1H3,(H,26,27,28);1H. The molecule has 0 saturated carbocycles. The van der Waals surface area contributed by atoms with Gasteiger partial charge in [0, 0.05) is 41.5 Å². The summed E-state index contributed by atoms with van der Waals surface area (Å²) in [6, 6.07) is 3.52. The van der Waals surface area contributed by atoms with Crippen LogP contribution in [0.5, 0.6) is 0 Å². The Morgan fingerprint density at radius 2 is 2.12 bits per heavy atom. The number of rotatable bonds is 5. The van der Waals surface area contributed by atoms with Gasteiger partial charge in [-0.3, -0.25) is 0 Å². The fraction of sp³-hybridized carbons (Fsp3) is 0.286. The Hall–Kier alpha value is -2.53. The fourth-order valence-electron chi connectivity index (χ4n) is 3.78. The highest BCUT2D eigenvalue weighted by Gasteiger charge is 2.40. The van der Waals surface area contributed by atoms with E-state index >= 15 is 0 Å². The Morgan fingerprint density at radius 1 is 1.33 bits per heavy atom. The molecule has 2 N–H and O–H groups in total. The van der Waals surface area contributed by atoms with Gasteiger partial charge in [-0.15, -0.1) is 12.4 Å². The predicted molar refractivity (Wildman–Crippen MR) is 129 cm³/mol. The molecule has 174 valence electrons. The summed E-state index contributed by atoms with van der Waals surface area (Å²) in [5, 5.41) is 7.05. The summed E-state index contributed by atoms with van der Waals surface area (Å²) in [5.41, 5.74) is 0.685. The zero-order chi connectivity index (χ0) is 22.5. The van der Waals surface area contributed by atoms with Crippen molar-refractivity contribution in [2.24, 2.45) is 0 Å². The second-order valence-corrected chi connectivity index (χ2v) is 10.8. The first-order chi connectivity index (χ1) is 15.3. The first-order valence-electron chi connectivity index (χ1n) is 10.0. The molecule has 0 bridgehead atoms. The van der Waals surface area contributed by atoms with Crippen molar-refractivity contribution in [3.8, 4) is 11.4 Å². The molecule has 2 aliphatic rings. The number of nitrogens with one attached hydrogen (secondary N) is 2. The molecule has 1 fully saturated rings. The number of nitrogens with zero attached hydrogens (tertiary/aromatic N) is 4. The number of allylic oxidation sites excluding steroid dienone is 3. The Labute approximate surface area is 201 Å². The highest BCUT2D eigenvalue weighted by atomic mass is 35.5. The van der Waals surface area contributed by atoms with Crippen molar-refractivity contribution in [1.29, 1.82) is 0 Å². The molecular formula is C21H21Cl2FN6O2S. The Kier molecular flexibility index (Phi) is 6.21. The van der Waals surface area contributed by atoms with Gasteiger partial charge in [0.25, 0.3) is 0 Å². The third-order valence-corrected chi connectivity index (χ3v) is 8.23.